The average Bonchev–Trinajstić information content (AvgIpc) is 3.25. The van der Waals surface area contributed by atoms with Crippen LogP contribution in [0.25, 0.3) is 22.3 Å². The van der Waals surface area contributed by atoms with Crippen LogP contribution >= 0.6 is 0 Å². The van der Waals surface area contributed by atoms with Gasteiger partial charge < -0.3 is 14.0 Å². The summed E-state index contributed by atoms with van der Waals surface area (Å²) in [5.74, 6) is -0.477. The van der Waals surface area contributed by atoms with E-state index in [0.717, 1.165) is 23.7 Å². The Labute approximate surface area is 158 Å². The first-order valence-electron chi connectivity index (χ1n) is 8.99. The molecule has 0 saturated carbocycles. The zero-order valence-electron chi connectivity index (χ0n) is 16.2. The maximum atomic E-state index is 12.1. The third kappa shape index (κ3) is 4.42. The third-order valence-corrected chi connectivity index (χ3v) is 5.85. The molecule has 9 heteroatoms. The standard InChI is InChI=1S/C18H25N5O3Si/c1-5-26-18(24)16-14(10-21-22-16)15-13-6-7-23(17(13)20-11-19-15)12-25-8-9-27(2,3)4/h6-7,10-11H,5,8-9,12H2,1-4H3,(H,21,22). The summed E-state index contributed by atoms with van der Waals surface area (Å²) in [6.45, 7) is 10.2. The number of hydrogen-bond acceptors (Lipinski definition) is 6. The van der Waals surface area contributed by atoms with Crippen molar-refractivity contribution < 1.29 is 14.3 Å². The van der Waals surface area contributed by atoms with Crippen molar-refractivity contribution in [3.05, 3.63) is 30.5 Å². The van der Waals surface area contributed by atoms with Crippen LogP contribution in [0.15, 0.2) is 24.8 Å². The minimum absolute atomic E-state index is 0.219. The van der Waals surface area contributed by atoms with Crippen LogP contribution in [-0.2, 0) is 16.2 Å². The van der Waals surface area contributed by atoms with Crippen LogP contribution in [0.4, 0.5) is 0 Å². The van der Waals surface area contributed by atoms with Crippen molar-refractivity contribution in [2.24, 2.45) is 0 Å². The fourth-order valence-electron chi connectivity index (χ4n) is 2.69. The van der Waals surface area contributed by atoms with Gasteiger partial charge in [-0.25, -0.2) is 14.8 Å². The number of fused-ring (bicyclic) bond motifs is 1. The molecule has 0 amide bonds. The Hall–Kier alpha value is -2.52. The molecule has 1 N–H and O–H groups in total. The molecule has 27 heavy (non-hydrogen) atoms. The van der Waals surface area contributed by atoms with Gasteiger partial charge >= 0.3 is 5.97 Å². The number of hydrogen-bond donors (Lipinski definition) is 1. The van der Waals surface area contributed by atoms with Crippen molar-refractivity contribution in [2.45, 2.75) is 39.3 Å². The molecule has 0 bridgehead atoms. The maximum Gasteiger partial charge on any atom is 0.359 e. The third-order valence-electron chi connectivity index (χ3n) is 4.15. The van der Waals surface area contributed by atoms with Crippen LogP contribution in [0.3, 0.4) is 0 Å². The van der Waals surface area contributed by atoms with E-state index in [9.17, 15) is 4.79 Å². The maximum absolute atomic E-state index is 12.1. The van der Waals surface area contributed by atoms with E-state index < -0.39 is 14.0 Å². The average molecular weight is 388 g/mol. The van der Waals surface area contributed by atoms with Gasteiger partial charge in [-0.1, -0.05) is 19.6 Å². The van der Waals surface area contributed by atoms with Gasteiger partial charge in [0.2, 0.25) is 0 Å². The molecular weight excluding hydrogens is 362 g/mol. The van der Waals surface area contributed by atoms with E-state index in [0.29, 0.717) is 18.0 Å². The zero-order chi connectivity index (χ0) is 19.4. The van der Waals surface area contributed by atoms with E-state index in [4.69, 9.17) is 9.47 Å². The molecule has 0 saturated heterocycles. The predicted molar refractivity (Wildman–Crippen MR) is 105 cm³/mol. The second-order valence-electron chi connectivity index (χ2n) is 7.46. The number of carbonyl (C=O) groups excluding carboxylic acids is 1. The lowest BCUT2D eigenvalue weighted by molar-refractivity contribution is 0.0520. The minimum Gasteiger partial charge on any atom is -0.461 e. The van der Waals surface area contributed by atoms with Gasteiger partial charge in [-0.05, 0) is 19.0 Å². The highest BCUT2D eigenvalue weighted by atomic mass is 28.3. The summed E-state index contributed by atoms with van der Waals surface area (Å²) in [4.78, 5) is 20.9. The van der Waals surface area contributed by atoms with Gasteiger partial charge in [-0.2, -0.15) is 5.10 Å². The van der Waals surface area contributed by atoms with E-state index in [2.05, 4.69) is 39.8 Å². The highest BCUT2D eigenvalue weighted by Crippen LogP contribution is 2.28. The first kappa shape index (κ1) is 19.2. The number of esters is 1. The molecule has 0 aromatic carbocycles. The predicted octanol–water partition coefficient (Wildman–Crippen LogP) is 3.31. The number of nitrogens with one attached hydrogen (secondary N) is 1. The Morgan fingerprint density at radius 3 is 2.85 bits per heavy atom. The molecule has 3 aromatic rings. The molecule has 0 aliphatic heterocycles. The first-order chi connectivity index (χ1) is 12.9. The van der Waals surface area contributed by atoms with Crippen LogP contribution in [0.5, 0.6) is 0 Å². The van der Waals surface area contributed by atoms with Crippen LogP contribution in [-0.4, -0.2) is 52.0 Å². The summed E-state index contributed by atoms with van der Waals surface area (Å²) in [5, 5.41) is 7.58. The van der Waals surface area contributed by atoms with Gasteiger partial charge in [0.1, 0.15) is 18.7 Å². The molecule has 0 fully saturated rings. The summed E-state index contributed by atoms with van der Waals surface area (Å²) in [5.41, 5.74) is 2.20. The van der Waals surface area contributed by atoms with E-state index >= 15 is 0 Å². The zero-order valence-corrected chi connectivity index (χ0v) is 17.2. The quantitative estimate of drug-likeness (QED) is 0.362. The van der Waals surface area contributed by atoms with Gasteiger partial charge in [0, 0.05) is 32.5 Å². The molecule has 0 aliphatic carbocycles. The largest absolute Gasteiger partial charge is 0.461 e. The normalized spacial score (nSPS) is 11.9. The number of ether oxygens (including phenoxy) is 2. The summed E-state index contributed by atoms with van der Waals surface area (Å²) >= 11 is 0. The van der Waals surface area contributed by atoms with Crippen molar-refractivity contribution in [3.8, 4) is 11.3 Å². The minimum atomic E-state index is -1.12. The Morgan fingerprint density at radius 1 is 1.30 bits per heavy atom. The molecule has 3 rings (SSSR count). The Bertz CT molecular complexity index is 929. The lowest BCUT2D eigenvalue weighted by Crippen LogP contribution is -2.22. The summed E-state index contributed by atoms with van der Waals surface area (Å²) < 4.78 is 12.8. The molecule has 8 nitrogen and oxygen atoms in total. The van der Waals surface area contributed by atoms with Crippen molar-refractivity contribution in [2.75, 3.05) is 13.2 Å². The van der Waals surface area contributed by atoms with Crippen molar-refractivity contribution in [1.82, 2.24) is 24.7 Å². The molecule has 0 spiro atoms. The topological polar surface area (TPSA) is 94.9 Å². The highest BCUT2D eigenvalue weighted by molar-refractivity contribution is 6.76. The summed E-state index contributed by atoms with van der Waals surface area (Å²) in [6.07, 6.45) is 5.05. The van der Waals surface area contributed by atoms with Crippen molar-refractivity contribution >= 4 is 25.1 Å². The van der Waals surface area contributed by atoms with Gasteiger partial charge in [0.15, 0.2) is 5.69 Å². The molecule has 0 unspecified atom stereocenters. The van der Waals surface area contributed by atoms with Gasteiger partial charge in [-0.3, -0.25) is 5.10 Å². The number of carbonyl (C=O) groups is 1. The van der Waals surface area contributed by atoms with Crippen LogP contribution < -0.4 is 0 Å². The highest BCUT2D eigenvalue weighted by Gasteiger charge is 2.21. The lowest BCUT2D eigenvalue weighted by Gasteiger charge is -2.15. The molecule has 3 aromatic heterocycles. The van der Waals surface area contributed by atoms with E-state index in [-0.39, 0.29) is 12.3 Å². The molecule has 0 radical (unpaired) electrons. The molecular formula is C18H25N5O3Si. The van der Waals surface area contributed by atoms with Crippen LogP contribution in [0, 0.1) is 0 Å². The van der Waals surface area contributed by atoms with Crippen molar-refractivity contribution in [1.29, 1.82) is 0 Å². The monoisotopic (exact) mass is 387 g/mol. The Kier molecular flexibility index (Phi) is 5.71. The molecule has 3 heterocycles. The second kappa shape index (κ2) is 8.01. The van der Waals surface area contributed by atoms with E-state index in [1.54, 1.807) is 13.1 Å². The first-order valence-corrected chi connectivity index (χ1v) is 12.7. The molecule has 144 valence electrons. The van der Waals surface area contributed by atoms with Gasteiger partial charge in [0.05, 0.1) is 17.9 Å². The SMILES string of the molecule is CCOC(=O)c1n[nH]cc1-c1ncnc2c1ccn2COCC[Si](C)(C)C. The number of aromatic nitrogens is 5. The fraction of sp³-hybridized carbons (Fsp3) is 0.444. The Morgan fingerprint density at radius 2 is 2.11 bits per heavy atom. The molecule has 0 aliphatic rings. The number of H-pyrrole nitrogens is 1. The number of rotatable bonds is 8. The molecule has 0 atom stereocenters. The second-order valence-corrected chi connectivity index (χ2v) is 13.1. The van der Waals surface area contributed by atoms with Gasteiger partial charge in [-0.15, -0.1) is 0 Å². The number of aromatic amines is 1. The number of nitrogens with zero attached hydrogens (tertiary/aromatic N) is 4. The van der Waals surface area contributed by atoms with Crippen LogP contribution in [0.2, 0.25) is 25.7 Å². The lowest BCUT2D eigenvalue weighted by atomic mass is 10.1. The summed E-state index contributed by atoms with van der Waals surface area (Å²) in [6, 6.07) is 3.04. The Balaban J connectivity index is 1.84. The van der Waals surface area contributed by atoms with Gasteiger partial charge in [0.25, 0.3) is 0 Å². The smallest absolute Gasteiger partial charge is 0.359 e. The van der Waals surface area contributed by atoms with E-state index in [1.807, 2.05) is 16.8 Å². The van der Waals surface area contributed by atoms with E-state index in [1.165, 1.54) is 6.33 Å². The summed E-state index contributed by atoms with van der Waals surface area (Å²) in [7, 11) is -1.12. The fourth-order valence-corrected chi connectivity index (χ4v) is 3.45. The van der Waals surface area contributed by atoms with Crippen molar-refractivity contribution in [3.63, 3.8) is 0 Å². The van der Waals surface area contributed by atoms with Crippen LogP contribution in [0.1, 0.15) is 17.4 Å².